The number of rotatable bonds is 3. The predicted molar refractivity (Wildman–Crippen MR) is 79.4 cm³/mol. The summed E-state index contributed by atoms with van der Waals surface area (Å²) in [5.41, 5.74) is 2.53. The molecule has 3 aromatic rings. The molecule has 0 bridgehead atoms. The van der Waals surface area contributed by atoms with Crippen molar-refractivity contribution < 1.29 is 10.2 Å². The Hall–Kier alpha value is -2.37. The number of aliphatic hydroxyl groups excluding tert-OH is 1. The number of benzene rings is 2. The molecule has 2 aromatic carbocycles. The molecule has 0 radical (unpaired) electrons. The molecular formula is C15H12ClN3O2. The second-order valence-corrected chi connectivity index (χ2v) is 4.86. The Morgan fingerprint density at radius 2 is 1.76 bits per heavy atom. The maximum absolute atomic E-state index is 9.48. The van der Waals surface area contributed by atoms with Crippen LogP contribution in [0.2, 0.25) is 5.02 Å². The maximum Gasteiger partial charge on any atom is 0.117 e. The summed E-state index contributed by atoms with van der Waals surface area (Å²) >= 11 is 6.24. The summed E-state index contributed by atoms with van der Waals surface area (Å²) in [4.78, 5) is 0. The summed E-state index contributed by atoms with van der Waals surface area (Å²) in [5, 5.41) is 27.5. The average Bonchev–Trinajstić information content (AvgIpc) is 2.92. The predicted octanol–water partition coefficient (Wildman–Crippen LogP) is 2.79. The molecular weight excluding hydrogens is 290 g/mol. The minimum atomic E-state index is -0.237. The smallest absolute Gasteiger partial charge is 0.117 e. The first-order valence-electron chi connectivity index (χ1n) is 6.30. The standard InChI is InChI=1S/C15H12ClN3O2/c16-13-4-2-1-3-12(13)15-14(9-20)17-18-19(15)10-5-7-11(21)8-6-10/h1-8,20-21H,9H2. The third-order valence-electron chi connectivity index (χ3n) is 3.11. The van der Waals surface area contributed by atoms with E-state index in [1.165, 1.54) is 0 Å². The number of halogens is 1. The van der Waals surface area contributed by atoms with Crippen molar-refractivity contribution in [2.24, 2.45) is 0 Å². The van der Waals surface area contributed by atoms with Crippen LogP contribution in [0.1, 0.15) is 5.69 Å². The highest BCUT2D eigenvalue weighted by Crippen LogP contribution is 2.31. The molecule has 21 heavy (non-hydrogen) atoms. The van der Waals surface area contributed by atoms with Gasteiger partial charge in [-0.1, -0.05) is 35.0 Å². The third-order valence-corrected chi connectivity index (χ3v) is 3.44. The molecule has 0 atom stereocenters. The first kappa shape index (κ1) is 13.6. The van der Waals surface area contributed by atoms with E-state index in [0.717, 1.165) is 11.3 Å². The van der Waals surface area contributed by atoms with Crippen LogP contribution < -0.4 is 0 Å². The van der Waals surface area contributed by atoms with E-state index in [1.54, 1.807) is 35.0 Å². The largest absolute Gasteiger partial charge is 0.508 e. The van der Waals surface area contributed by atoms with Gasteiger partial charge in [-0.25, -0.2) is 4.68 Å². The molecule has 106 valence electrons. The molecule has 0 unspecified atom stereocenters. The SMILES string of the molecule is OCc1nnn(-c2ccc(O)cc2)c1-c1ccccc1Cl. The molecule has 5 nitrogen and oxygen atoms in total. The summed E-state index contributed by atoms with van der Waals surface area (Å²) < 4.78 is 1.59. The number of hydrogen-bond acceptors (Lipinski definition) is 4. The number of nitrogens with zero attached hydrogens (tertiary/aromatic N) is 3. The number of aromatic nitrogens is 3. The van der Waals surface area contributed by atoms with Crippen LogP contribution in [-0.4, -0.2) is 25.2 Å². The van der Waals surface area contributed by atoms with Gasteiger partial charge in [0.2, 0.25) is 0 Å². The van der Waals surface area contributed by atoms with E-state index in [0.29, 0.717) is 16.4 Å². The Bertz CT molecular complexity index is 769. The summed E-state index contributed by atoms with van der Waals surface area (Å²) in [6.45, 7) is -0.237. The first-order valence-corrected chi connectivity index (χ1v) is 6.68. The Balaban J connectivity index is 2.22. The molecule has 0 saturated heterocycles. The molecule has 0 saturated carbocycles. The van der Waals surface area contributed by atoms with Gasteiger partial charge < -0.3 is 10.2 Å². The fourth-order valence-corrected chi connectivity index (χ4v) is 2.34. The van der Waals surface area contributed by atoms with Gasteiger partial charge in [-0.15, -0.1) is 5.10 Å². The molecule has 6 heteroatoms. The van der Waals surface area contributed by atoms with Crippen LogP contribution in [0.3, 0.4) is 0 Å². The quantitative estimate of drug-likeness (QED) is 0.780. The average molecular weight is 302 g/mol. The van der Waals surface area contributed by atoms with Gasteiger partial charge in [-0.3, -0.25) is 0 Å². The van der Waals surface area contributed by atoms with Gasteiger partial charge in [0.25, 0.3) is 0 Å². The van der Waals surface area contributed by atoms with Gasteiger partial charge in [-0.2, -0.15) is 0 Å². The monoisotopic (exact) mass is 301 g/mol. The second kappa shape index (κ2) is 5.55. The van der Waals surface area contributed by atoms with Crippen molar-refractivity contribution in [3.8, 4) is 22.7 Å². The van der Waals surface area contributed by atoms with Crippen LogP contribution >= 0.6 is 11.6 Å². The molecule has 0 aliphatic heterocycles. The summed E-state index contributed by atoms with van der Waals surface area (Å²) in [7, 11) is 0. The van der Waals surface area contributed by atoms with E-state index in [9.17, 15) is 10.2 Å². The van der Waals surface area contributed by atoms with E-state index >= 15 is 0 Å². The summed E-state index contributed by atoms with van der Waals surface area (Å²) in [5.74, 6) is 0.167. The molecule has 1 aromatic heterocycles. The van der Waals surface area contributed by atoms with E-state index in [1.807, 2.05) is 18.2 Å². The lowest BCUT2D eigenvalue weighted by Crippen LogP contribution is -2.00. The first-order chi connectivity index (χ1) is 10.2. The van der Waals surface area contributed by atoms with Crippen molar-refractivity contribution in [2.75, 3.05) is 0 Å². The number of aromatic hydroxyl groups is 1. The zero-order chi connectivity index (χ0) is 14.8. The van der Waals surface area contributed by atoms with Crippen LogP contribution in [0.5, 0.6) is 5.75 Å². The Labute approximate surface area is 126 Å². The van der Waals surface area contributed by atoms with Crippen LogP contribution in [0.15, 0.2) is 48.5 Å². The minimum absolute atomic E-state index is 0.167. The molecule has 2 N–H and O–H groups in total. The van der Waals surface area contributed by atoms with E-state index in [-0.39, 0.29) is 12.4 Å². The molecule has 0 amide bonds. The molecule has 0 aliphatic carbocycles. The van der Waals surface area contributed by atoms with Crippen molar-refractivity contribution in [3.63, 3.8) is 0 Å². The van der Waals surface area contributed by atoms with Gasteiger partial charge in [0.15, 0.2) is 0 Å². The lowest BCUT2D eigenvalue weighted by atomic mass is 10.1. The van der Waals surface area contributed by atoms with Crippen LogP contribution in [0.4, 0.5) is 0 Å². The maximum atomic E-state index is 9.48. The van der Waals surface area contributed by atoms with Crippen LogP contribution in [-0.2, 0) is 6.61 Å². The number of phenols is 1. The van der Waals surface area contributed by atoms with E-state index in [2.05, 4.69) is 10.3 Å². The third kappa shape index (κ3) is 2.49. The van der Waals surface area contributed by atoms with Crippen LogP contribution in [0.25, 0.3) is 16.9 Å². The zero-order valence-electron chi connectivity index (χ0n) is 10.9. The van der Waals surface area contributed by atoms with Crippen molar-refractivity contribution in [2.45, 2.75) is 6.61 Å². The number of phenolic OH excluding ortho intramolecular Hbond substituents is 1. The number of aliphatic hydroxyl groups is 1. The van der Waals surface area contributed by atoms with E-state index < -0.39 is 0 Å². The van der Waals surface area contributed by atoms with Gasteiger partial charge in [0, 0.05) is 5.56 Å². The number of hydrogen-bond donors (Lipinski definition) is 2. The van der Waals surface area contributed by atoms with Crippen molar-refractivity contribution in [3.05, 3.63) is 59.2 Å². The summed E-state index contributed by atoms with van der Waals surface area (Å²) in [6, 6.07) is 13.9. The van der Waals surface area contributed by atoms with Gasteiger partial charge in [0.05, 0.1) is 17.3 Å². The second-order valence-electron chi connectivity index (χ2n) is 4.45. The lowest BCUT2D eigenvalue weighted by Gasteiger charge is -2.09. The fraction of sp³-hybridized carbons (Fsp3) is 0.0667. The van der Waals surface area contributed by atoms with Crippen LogP contribution in [0, 0.1) is 0 Å². The minimum Gasteiger partial charge on any atom is -0.508 e. The van der Waals surface area contributed by atoms with Gasteiger partial charge in [-0.05, 0) is 30.3 Å². The Morgan fingerprint density at radius 3 is 2.43 bits per heavy atom. The fourth-order valence-electron chi connectivity index (χ4n) is 2.12. The molecule has 3 rings (SSSR count). The van der Waals surface area contributed by atoms with Crippen molar-refractivity contribution in [1.82, 2.24) is 15.0 Å². The van der Waals surface area contributed by atoms with E-state index in [4.69, 9.17) is 11.6 Å². The highest BCUT2D eigenvalue weighted by atomic mass is 35.5. The highest BCUT2D eigenvalue weighted by molar-refractivity contribution is 6.33. The molecule has 0 fully saturated rings. The molecule has 0 spiro atoms. The Morgan fingerprint density at radius 1 is 1.05 bits per heavy atom. The normalized spacial score (nSPS) is 10.8. The highest BCUT2D eigenvalue weighted by Gasteiger charge is 2.17. The van der Waals surface area contributed by atoms with Crippen molar-refractivity contribution >= 4 is 11.6 Å². The summed E-state index contributed by atoms with van der Waals surface area (Å²) in [6.07, 6.45) is 0. The van der Waals surface area contributed by atoms with Gasteiger partial charge >= 0.3 is 0 Å². The Kier molecular flexibility index (Phi) is 3.60. The molecule has 0 aliphatic rings. The van der Waals surface area contributed by atoms with Crippen molar-refractivity contribution in [1.29, 1.82) is 0 Å². The zero-order valence-corrected chi connectivity index (χ0v) is 11.7. The molecule has 1 heterocycles. The lowest BCUT2D eigenvalue weighted by molar-refractivity contribution is 0.277. The van der Waals surface area contributed by atoms with Gasteiger partial charge in [0.1, 0.15) is 17.1 Å². The topological polar surface area (TPSA) is 71.2 Å².